The Hall–Kier alpha value is -1.16. The summed E-state index contributed by atoms with van der Waals surface area (Å²) in [7, 11) is 0. The predicted molar refractivity (Wildman–Crippen MR) is 52.9 cm³/mol. The minimum atomic E-state index is 0.332. The van der Waals surface area contributed by atoms with Gasteiger partial charge in [-0.05, 0) is 26.2 Å². The van der Waals surface area contributed by atoms with Crippen molar-refractivity contribution in [2.24, 2.45) is 5.73 Å². The fraction of sp³-hybridized carbons (Fsp3) is 0.600. The highest BCUT2D eigenvalue weighted by Crippen LogP contribution is 2.23. The first kappa shape index (κ1) is 9.40. The van der Waals surface area contributed by atoms with Crippen LogP contribution < -0.4 is 10.5 Å². The van der Waals surface area contributed by atoms with Gasteiger partial charge in [-0.15, -0.1) is 0 Å². The lowest BCUT2D eigenvalue weighted by Crippen LogP contribution is -2.25. The second-order valence-electron chi connectivity index (χ2n) is 3.64. The summed E-state index contributed by atoms with van der Waals surface area (Å²) in [5, 5.41) is 0. The molecule has 0 saturated heterocycles. The summed E-state index contributed by atoms with van der Waals surface area (Å²) < 4.78 is 5.57. The molecule has 1 aromatic rings. The smallest absolute Gasteiger partial charge is 0.316 e. The molecule has 1 aromatic heterocycles. The van der Waals surface area contributed by atoms with E-state index < -0.39 is 0 Å². The predicted octanol–water partition coefficient (Wildman–Crippen LogP) is 1.18. The molecular formula is C10H15N3O. The molecule has 1 aliphatic rings. The van der Waals surface area contributed by atoms with Crippen LogP contribution >= 0.6 is 0 Å². The van der Waals surface area contributed by atoms with E-state index in [9.17, 15) is 0 Å². The van der Waals surface area contributed by atoms with E-state index in [1.54, 1.807) is 6.20 Å². The topological polar surface area (TPSA) is 61.0 Å². The molecule has 1 saturated carbocycles. The number of hydrogen-bond donors (Lipinski definition) is 1. The van der Waals surface area contributed by atoms with E-state index in [0.717, 1.165) is 24.1 Å². The average molecular weight is 193 g/mol. The number of aromatic nitrogens is 2. The molecule has 2 N–H and O–H groups in total. The van der Waals surface area contributed by atoms with Crippen molar-refractivity contribution in [1.29, 1.82) is 0 Å². The molecule has 1 fully saturated rings. The molecule has 0 radical (unpaired) electrons. The van der Waals surface area contributed by atoms with Gasteiger partial charge >= 0.3 is 6.01 Å². The molecule has 1 heterocycles. The first-order valence-corrected chi connectivity index (χ1v) is 4.99. The van der Waals surface area contributed by atoms with Gasteiger partial charge in [-0.2, -0.15) is 0 Å². The normalized spacial score (nSPS) is 16.4. The van der Waals surface area contributed by atoms with Gasteiger partial charge in [0.2, 0.25) is 0 Å². The SMILES string of the molecule is Cc1nc(OC2CCC2)ncc1CN. The highest BCUT2D eigenvalue weighted by Gasteiger charge is 2.20. The van der Waals surface area contributed by atoms with Gasteiger partial charge in [0.1, 0.15) is 6.10 Å². The lowest BCUT2D eigenvalue weighted by molar-refractivity contribution is 0.108. The Kier molecular flexibility index (Phi) is 2.63. The van der Waals surface area contributed by atoms with Crippen molar-refractivity contribution in [2.75, 3.05) is 0 Å². The summed E-state index contributed by atoms with van der Waals surface area (Å²) in [6, 6.07) is 0.490. The zero-order valence-electron chi connectivity index (χ0n) is 8.36. The monoisotopic (exact) mass is 193 g/mol. The molecule has 0 spiro atoms. The molecule has 2 rings (SSSR count). The molecule has 1 aliphatic carbocycles. The van der Waals surface area contributed by atoms with Gasteiger partial charge in [0.25, 0.3) is 0 Å². The number of aryl methyl sites for hydroxylation is 1. The Bertz CT molecular complexity index is 323. The van der Waals surface area contributed by atoms with Crippen molar-refractivity contribution in [2.45, 2.75) is 38.8 Å². The zero-order chi connectivity index (χ0) is 9.97. The van der Waals surface area contributed by atoms with E-state index in [4.69, 9.17) is 10.5 Å². The van der Waals surface area contributed by atoms with Gasteiger partial charge in [0.15, 0.2) is 0 Å². The maximum atomic E-state index is 5.57. The van der Waals surface area contributed by atoms with Crippen molar-refractivity contribution in [3.05, 3.63) is 17.5 Å². The van der Waals surface area contributed by atoms with Crippen LogP contribution in [0.2, 0.25) is 0 Å². The summed E-state index contributed by atoms with van der Waals surface area (Å²) in [6.07, 6.45) is 5.58. The van der Waals surface area contributed by atoms with Crippen molar-refractivity contribution in [3.63, 3.8) is 0 Å². The van der Waals surface area contributed by atoms with Crippen LogP contribution in [-0.4, -0.2) is 16.1 Å². The van der Waals surface area contributed by atoms with Crippen LogP contribution in [0.25, 0.3) is 0 Å². The summed E-state index contributed by atoms with van der Waals surface area (Å²) in [4.78, 5) is 8.37. The molecule has 0 aliphatic heterocycles. The van der Waals surface area contributed by atoms with E-state index >= 15 is 0 Å². The number of rotatable bonds is 3. The second kappa shape index (κ2) is 3.92. The zero-order valence-corrected chi connectivity index (χ0v) is 8.36. The molecule has 14 heavy (non-hydrogen) atoms. The minimum absolute atomic E-state index is 0.332. The van der Waals surface area contributed by atoms with Crippen LogP contribution in [0.15, 0.2) is 6.20 Å². The largest absolute Gasteiger partial charge is 0.460 e. The Morgan fingerprint density at radius 1 is 1.57 bits per heavy atom. The third-order valence-corrected chi connectivity index (χ3v) is 2.60. The summed E-state index contributed by atoms with van der Waals surface area (Å²) in [6.45, 7) is 2.41. The Balaban J connectivity index is 2.07. The highest BCUT2D eigenvalue weighted by atomic mass is 16.5. The van der Waals surface area contributed by atoms with Crippen LogP contribution in [0.4, 0.5) is 0 Å². The fourth-order valence-electron chi connectivity index (χ4n) is 1.37. The van der Waals surface area contributed by atoms with Crippen LogP contribution in [-0.2, 0) is 6.54 Å². The van der Waals surface area contributed by atoms with Gasteiger partial charge in [-0.1, -0.05) is 0 Å². The quantitative estimate of drug-likeness (QED) is 0.783. The molecule has 4 nitrogen and oxygen atoms in total. The third-order valence-electron chi connectivity index (χ3n) is 2.60. The van der Waals surface area contributed by atoms with E-state index in [1.807, 2.05) is 6.92 Å². The summed E-state index contributed by atoms with van der Waals surface area (Å²) >= 11 is 0. The molecule has 0 bridgehead atoms. The Morgan fingerprint density at radius 3 is 2.86 bits per heavy atom. The number of ether oxygens (including phenoxy) is 1. The van der Waals surface area contributed by atoms with Crippen LogP contribution in [0, 0.1) is 6.92 Å². The van der Waals surface area contributed by atoms with Crippen molar-refractivity contribution in [1.82, 2.24) is 9.97 Å². The van der Waals surface area contributed by atoms with Gasteiger partial charge in [0.05, 0.1) is 0 Å². The molecule has 0 amide bonds. The molecular weight excluding hydrogens is 178 g/mol. The number of hydrogen-bond acceptors (Lipinski definition) is 4. The van der Waals surface area contributed by atoms with Crippen molar-refractivity contribution >= 4 is 0 Å². The molecule has 0 unspecified atom stereocenters. The lowest BCUT2D eigenvalue weighted by Gasteiger charge is -2.25. The third kappa shape index (κ3) is 1.85. The molecule has 76 valence electrons. The Labute approximate surface area is 83.5 Å². The number of nitrogens with zero attached hydrogens (tertiary/aromatic N) is 2. The first-order valence-electron chi connectivity index (χ1n) is 4.99. The van der Waals surface area contributed by atoms with Gasteiger partial charge in [-0.25, -0.2) is 9.97 Å². The maximum Gasteiger partial charge on any atom is 0.316 e. The fourth-order valence-corrected chi connectivity index (χ4v) is 1.37. The average Bonchev–Trinajstić information content (AvgIpc) is 2.12. The van der Waals surface area contributed by atoms with Crippen LogP contribution in [0.3, 0.4) is 0 Å². The summed E-state index contributed by atoms with van der Waals surface area (Å²) in [5.74, 6) is 0. The van der Waals surface area contributed by atoms with Gasteiger partial charge in [0, 0.05) is 24.0 Å². The van der Waals surface area contributed by atoms with Gasteiger partial charge < -0.3 is 10.5 Å². The van der Waals surface area contributed by atoms with Crippen LogP contribution in [0.1, 0.15) is 30.5 Å². The number of nitrogens with two attached hydrogens (primary N) is 1. The van der Waals surface area contributed by atoms with Crippen LogP contribution in [0.5, 0.6) is 6.01 Å². The van der Waals surface area contributed by atoms with E-state index in [-0.39, 0.29) is 0 Å². The molecule has 0 atom stereocenters. The van der Waals surface area contributed by atoms with Crippen molar-refractivity contribution in [3.8, 4) is 6.01 Å². The maximum absolute atomic E-state index is 5.57. The van der Waals surface area contributed by atoms with Gasteiger partial charge in [-0.3, -0.25) is 0 Å². The molecule has 0 aromatic carbocycles. The first-order chi connectivity index (χ1) is 6.79. The highest BCUT2D eigenvalue weighted by molar-refractivity contribution is 5.17. The lowest BCUT2D eigenvalue weighted by atomic mass is 9.96. The van der Waals surface area contributed by atoms with Crippen molar-refractivity contribution < 1.29 is 4.74 Å². The molecule has 4 heteroatoms. The Morgan fingerprint density at radius 2 is 2.36 bits per heavy atom. The minimum Gasteiger partial charge on any atom is -0.460 e. The standard InChI is InChI=1S/C10H15N3O/c1-7-8(5-11)6-12-10(13-7)14-9-3-2-4-9/h6,9H,2-5,11H2,1H3. The summed E-state index contributed by atoms with van der Waals surface area (Å²) in [5.41, 5.74) is 7.41. The van der Waals surface area contributed by atoms with E-state index in [2.05, 4.69) is 9.97 Å². The second-order valence-corrected chi connectivity index (χ2v) is 3.64. The van der Waals surface area contributed by atoms with E-state index in [1.165, 1.54) is 6.42 Å². The van der Waals surface area contributed by atoms with E-state index in [0.29, 0.717) is 18.7 Å².